The van der Waals surface area contributed by atoms with Gasteiger partial charge in [-0.3, -0.25) is 4.57 Å². The predicted octanol–water partition coefficient (Wildman–Crippen LogP) is 9.91. The first-order valence-electron chi connectivity index (χ1n) is 11.8. The fourth-order valence-electron chi connectivity index (χ4n) is 2.87. The normalized spacial score (nSPS) is 16.8. The van der Waals surface area contributed by atoms with Gasteiger partial charge in [-0.2, -0.15) is 123 Å². The van der Waals surface area contributed by atoms with Crippen molar-refractivity contribution in [2.24, 2.45) is 0 Å². The standard InChI is InChI=1S/C18H7F32O4P/c19-3(20)7(27,28)11(35,36)15(43,44)17(47,48)13(39,40)9(31,32)5(23,24)1-53-55(51,52)54-2-6(25,26)10(33,34)14(41,42)18(49,50)16(45,46)12(37,38)8(29,30)4(21)22/h3-4H,1-2H2,(H,51,52)/p-1. The highest BCUT2D eigenvalue weighted by atomic mass is 31.2. The van der Waals surface area contributed by atoms with Gasteiger partial charge in [-0.1, -0.05) is 0 Å². The summed E-state index contributed by atoms with van der Waals surface area (Å²) in [6.45, 7) is -9.14. The van der Waals surface area contributed by atoms with Gasteiger partial charge in [0, 0.05) is 0 Å². The monoisotopic (exact) mass is 925 g/mol. The van der Waals surface area contributed by atoms with E-state index in [0.717, 1.165) is 0 Å². The lowest BCUT2D eigenvalue weighted by molar-refractivity contribution is -0.448. The van der Waals surface area contributed by atoms with Gasteiger partial charge in [-0.15, -0.1) is 0 Å². The average Bonchev–Trinajstić information content (AvgIpc) is 2.97. The number of hydrogen-bond acceptors (Lipinski definition) is 4. The molecule has 0 rings (SSSR count). The number of alkyl halides is 32. The van der Waals surface area contributed by atoms with Crippen LogP contribution in [0.15, 0.2) is 0 Å². The van der Waals surface area contributed by atoms with E-state index in [1.165, 1.54) is 0 Å². The summed E-state index contributed by atoms with van der Waals surface area (Å²) in [5.74, 6) is -120. The van der Waals surface area contributed by atoms with Crippen LogP contribution in [0.4, 0.5) is 140 Å². The second-order valence-corrected chi connectivity index (χ2v) is 11.4. The molecule has 4 nitrogen and oxygen atoms in total. The van der Waals surface area contributed by atoms with E-state index in [-0.39, 0.29) is 0 Å². The van der Waals surface area contributed by atoms with Crippen molar-refractivity contribution in [1.82, 2.24) is 0 Å². The minimum Gasteiger partial charge on any atom is -0.756 e. The molecule has 0 unspecified atom stereocenters. The van der Waals surface area contributed by atoms with Crippen molar-refractivity contribution >= 4 is 7.82 Å². The van der Waals surface area contributed by atoms with Crippen LogP contribution in [0.3, 0.4) is 0 Å². The Bertz CT molecular complexity index is 1300. The van der Waals surface area contributed by atoms with Crippen LogP contribution in [-0.4, -0.2) is 109 Å². The number of hydrogen-bond donors (Lipinski definition) is 0. The maximum atomic E-state index is 13.7. The molecule has 0 amide bonds. The van der Waals surface area contributed by atoms with Crippen molar-refractivity contribution in [1.29, 1.82) is 0 Å². The fraction of sp³-hybridized carbons (Fsp3) is 1.00. The molecule has 0 heterocycles. The topological polar surface area (TPSA) is 58.6 Å². The lowest BCUT2D eigenvalue weighted by Gasteiger charge is -2.43. The molecule has 0 bridgehead atoms. The van der Waals surface area contributed by atoms with Crippen LogP contribution in [0.5, 0.6) is 0 Å². The lowest BCUT2D eigenvalue weighted by Crippen LogP contribution is -2.74. The highest BCUT2D eigenvalue weighted by Gasteiger charge is 2.95. The molecule has 332 valence electrons. The summed E-state index contributed by atoms with van der Waals surface area (Å²) >= 11 is 0. The van der Waals surface area contributed by atoms with Gasteiger partial charge in [0.15, 0.2) is 0 Å². The molecule has 0 aliphatic heterocycles. The van der Waals surface area contributed by atoms with Gasteiger partial charge in [0.1, 0.15) is 13.2 Å². The molecule has 37 heteroatoms. The van der Waals surface area contributed by atoms with Crippen LogP contribution in [0, 0.1) is 0 Å². The third-order valence-electron chi connectivity index (χ3n) is 6.27. The number of phosphoric ester groups is 1. The third-order valence-corrected chi connectivity index (χ3v) is 7.16. The molecule has 0 saturated carbocycles. The SMILES string of the molecule is O=P([O-])(OCC(F)(F)C(F)(F)C(F)(F)C(F)(F)C(F)(F)C(F)(F)C(F)(F)C(F)F)OCC(F)(F)C(F)(F)C(F)(F)C(F)(F)C(F)(F)C(F)(F)C(F)(F)C(F)F. The zero-order valence-corrected chi connectivity index (χ0v) is 24.6. The molecular formula is C18H6F32O4P-. The summed E-state index contributed by atoms with van der Waals surface area (Å²) in [7, 11) is -8.04. The van der Waals surface area contributed by atoms with Gasteiger partial charge in [0.25, 0.3) is 7.82 Å². The van der Waals surface area contributed by atoms with Crippen LogP contribution >= 0.6 is 7.82 Å². The van der Waals surface area contributed by atoms with E-state index in [0.29, 0.717) is 0 Å². The largest absolute Gasteiger partial charge is 0.756 e. The molecule has 0 aromatic carbocycles. The van der Waals surface area contributed by atoms with Crippen LogP contribution in [0.1, 0.15) is 0 Å². The molecule has 0 spiro atoms. The molecular weight excluding hydrogens is 919 g/mol. The minimum absolute atomic E-state index is 2.27. The molecule has 0 saturated heterocycles. The van der Waals surface area contributed by atoms with Gasteiger partial charge in [-0.05, 0) is 0 Å². The Morgan fingerprint density at radius 3 is 0.691 bits per heavy atom. The molecule has 0 aromatic heterocycles. The van der Waals surface area contributed by atoms with Crippen molar-refractivity contribution in [3.8, 4) is 0 Å². The Kier molecular flexibility index (Phi) is 13.5. The average molecular weight is 925 g/mol. The van der Waals surface area contributed by atoms with Crippen LogP contribution in [-0.2, 0) is 13.6 Å². The second kappa shape index (κ2) is 14.0. The Morgan fingerprint density at radius 2 is 0.509 bits per heavy atom. The summed E-state index contributed by atoms with van der Waals surface area (Å²) in [6, 6.07) is 0. The molecule has 0 aromatic rings. The molecule has 0 atom stereocenters. The molecule has 0 fully saturated rings. The van der Waals surface area contributed by atoms with Crippen molar-refractivity contribution in [3.05, 3.63) is 0 Å². The van der Waals surface area contributed by atoms with Crippen LogP contribution in [0.2, 0.25) is 0 Å². The van der Waals surface area contributed by atoms with E-state index >= 15 is 0 Å². The van der Waals surface area contributed by atoms with Crippen molar-refractivity contribution < 1.29 is 159 Å². The fourth-order valence-corrected chi connectivity index (χ4v) is 3.59. The van der Waals surface area contributed by atoms with Crippen molar-refractivity contribution in [2.75, 3.05) is 13.2 Å². The quantitative estimate of drug-likeness (QED) is 0.0902. The zero-order chi connectivity index (χ0) is 45.5. The van der Waals surface area contributed by atoms with E-state index in [2.05, 4.69) is 9.05 Å². The summed E-state index contributed by atoms with van der Waals surface area (Å²) in [4.78, 5) is 11.2. The van der Waals surface area contributed by atoms with Gasteiger partial charge in [0.05, 0.1) is 0 Å². The molecule has 55 heavy (non-hydrogen) atoms. The van der Waals surface area contributed by atoms with E-state index in [1.54, 1.807) is 0 Å². The molecule has 0 aliphatic rings. The number of phosphoric acid groups is 1. The Hall–Kier alpha value is -2.13. The predicted molar refractivity (Wildman–Crippen MR) is 101 cm³/mol. The van der Waals surface area contributed by atoms with E-state index in [9.17, 15) is 150 Å². The first-order chi connectivity index (χ1) is 23.3. The van der Waals surface area contributed by atoms with Crippen molar-refractivity contribution in [3.63, 3.8) is 0 Å². The van der Waals surface area contributed by atoms with Gasteiger partial charge >= 0.3 is 95.8 Å². The molecule has 0 radical (unpaired) electrons. The Morgan fingerprint density at radius 1 is 0.345 bits per heavy atom. The Labute approximate surface area is 277 Å². The van der Waals surface area contributed by atoms with Gasteiger partial charge in [-0.25, -0.2) is 17.6 Å². The number of rotatable bonds is 20. The van der Waals surface area contributed by atoms with Crippen LogP contribution in [0.25, 0.3) is 0 Å². The minimum atomic E-state index is -9.11. The summed E-state index contributed by atoms with van der Waals surface area (Å²) in [5, 5.41) is 0. The molecule has 0 N–H and O–H groups in total. The summed E-state index contributed by atoms with van der Waals surface area (Å²) in [6.07, 6.45) is -12.5. The third kappa shape index (κ3) is 7.42. The van der Waals surface area contributed by atoms with E-state index < -0.39 is 117 Å². The molecule has 0 aliphatic carbocycles. The number of halogens is 32. The first-order valence-corrected chi connectivity index (χ1v) is 13.2. The maximum absolute atomic E-state index is 13.7. The highest BCUT2D eigenvalue weighted by Crippen LogP contribution is 2.65. The lowest BCUT2D eigenvalue weighted by atomic mass is 9.89. The smallest absolute Gasteiger partial charge is 0.384 e. The maximum Gasteiger partial charge on any atom is 0.384 e. The Balaban J connectivity index is 6.59. The highest BCUT2D eigenvalue weighted by molar-refractivity contribution is 7.45. The summed E-state index contributed by atoms with van der Waals surface area (Å²) < 4.78 is 440. The van der Waals surface area contributed by atoms with Gasteiger partial charge < -0.3 is 13.9 Å². The zero-order valence-electron chi connectivity index (χ0n) is 23.7. The van der Waals surface area contributed by atoms with Gasteiger partial charge in [0.2, 0.25) is 0 Å². The van der Waals surface area contributed by atoms with E-state index in [4.69, 9.17) is 0 Å². The second-order valence-electron chi connectivity index (χ2n) is 9.99. The van der Waals surface area contributed by atoms with Crippen LogP contribution < -0.4 is 4.89 Å². The van der Waals surface area contributed by atoms with E-state index in [1.807, 2.05) is 0 Å². The summed E-state index contributed by atoms with van der Waals surface area (Å²) in [5.41, 5.74) is 0. The first kappa shape index (κ1) is 52.9. The van der Waals surface area contributed by atoms with Crippen molar-refractivity contribution in [2.45, 2.75) is 95.8 Å².